The van der Waals surface area contributed by atoms with Gasteiger partial charge in [-0.15, -0.1) is 0 Å². The van der Waals surface area contributed by atoms with Gasteiger partial charge in [0.2, 0.25) is 0 Å². The third kappa shape index (κ3) is 5.32. The molecule has 1 N–H and O–H groups in total. The van der Waals surface area contributed by atoms with Gasteiger partial charge in [0.1, 0.15) is 5.02 Å². The molecule has 1 aromatic rings. The van der Waals surface area contributed by atoms with E-state index >= 15 is 0 Å². The molecule has 0 aromatic heterocycles. The molecule has 1 rings (SSSR count). The molecule has 0 aliphatic rings. The topological polar surface area (TPSA) is 66.6 Å². The van der Waals surface area contributed by atoms with Crippen LogP contribution in [-0.2, 0) is 6.54 Å². The monoisotopic (exact) mass is 312 g/mol. The van der Waals surface area contributed by atoms with Crippen LogP contribution in [0.15, 0.2) is 18.2 Å². The largest absolute Gasteiger partial charge is 0.401 e. The van der Waals surface area contributed by atoms with Crippen LogP contribution >= 0.6 is 11.6 Å². The molecule has 1 aromatic carbocycles. The Morgan fingerprint density at radius 3 is 2.55 bits per heavy atom. The van der Waals surface area contributed by atoms with Crippen molar-refractivity contribution < 1.29 is 23.2 Å². The van der Waals surface area contributed by atoms with Gasteiger partial charge >= 0.3 is 6.18 Å². The highest BCUT2D eigenvalue weighted by Crippen LogP contribution is 2.26. The Hall–Kier alpha value is -1.38. The average molecular weight is 313 g/mol. The van der Waals surface area contributed by atoms with Crippen molar-refractivity contribution in [1.82, 2.24) is 4.90 Å². The fourth-order valence-electron chi connectivity index (χ4n) is 1.66. The van der Waals surface area contributed by atoms with E-state index in [1.807, 2.05) is 0 Å². The maximum atomic E-state index is 12.4. The smallest absolute Gasteiger partial charge is 0.395 e. The molecule has 0 spiro atoms. The number of benzene rings is 1. The first kappa shape index (κ1) is 16.7. The Morgan fingerprint density at radius 1 is 1.40 bits per heavy atom. The Bertz CT molecular complexity index is 482. The summed E-state index contributed by atoms with van der Waals surface area (Å²) in [7, 11) is 0. The molecule has 0 radical (unpaired) electrons. The number of aliphatic hydroxyl groups excluding tert-OH is 1. The summed E-state index contributed by atoms with van der Waals surface area (Å²) in [4.78, 5) is 11.0. The predicted molar refractivity (Wildman–Crippen MR) is 66.5 cm³/mol. The maximum Gasteiger partial charge on any atom is 0.401 e. The van der Waals surface area contributed by atoms with Crippen LogP contribution < -0.4 is 0 Å². The van der Waals surface area contributed by atoms with Crippen LogP contribution in [0.5, 0.6) is 0 Å². The number of hydrogen-bond donors (Lipinski definition) is 1. The van der Waals surface area contributed by atoms with Crippen LogP contribution in [-0.4, -0.2) is 40.8 Å². The molecule has 112 valence electrons. The van der Waals surface area contributed by atoms with Crippen LogP contribution in [0.3, 0.4) is 0 Å². The third-order valence-electron chi connectivity index (χ3n) is 2.43. The molecule has 0 unspecified atom stereocenters. The van der Waals surface area contributed by atoms with Crippen molar-refractivity contribution in [1.29, 1.82) is 0 Å². The van der Waals surface area contributed by atoms with Crippen molar-refractivity contribution in [3.05, 3.63) is 38.9 Å². The normalized spacial score (nSPS) is 11.9. The fourth-order valence-corrected chi connectivity index (χ4v) is 1.85. The van der Waals surface area contributed by atoms with Gasteiger partial charge in [-0.2, -0.15) is 13.2 Å². The lowest BCUT2D eigenvalue weighted by molar-refractivity contribution is -0.384. The van der Waals surface area contributed by atoms with E-state index in [1.165, 1.54) is 12.1 Å². The second-order valence-electron chi connectivity index (χ2n) is 4.09. The van der Waals surface area contributed by atoms with Crippen molar-refractivity contribution in [2.24, 2.45) is 0 Å². The van der Waals surface area contributed by atoms with Gasteiger partial charge in [0.05, 0.1) is 18.1 Å². The van der Waals surface area contributed by atoms with Crippen molar-refractivity contribution in [3.8, 4) is 0 Å². The van der Waals surface area contributed by atoms with E-state index in [-0.39, 0.29) is 23.8 Å². The van der Waals surface area contributed by atoms with Crippen LogP contribution in [0.2, 0.25) is 5.02 Å². The standard InChI is InChI=1S/C11H12ClF3N2O3/c12-9-2-1-8(5-10(9)17(19)20)6-16(3-4-18)7-11(13,14)15/h1-2,5,18H,3-4,6-7H2. The number of nitro benzene ring substituents is 1. The van der Waals surface area contributed by atoms with Crippen LogP contribution in [0.1, 0.15) is 5.56 Å². The highest BCUT2D eigenvalue weighted by atomic mass is 35.5. The first-order valence-electron chi connectivity index (χ1n) is 5.55. The van der Waals surface area contributed by atoms with Crippen molar-refractivity contribution in [2.75, 3.05) is 19.7 Å². The van der Waals surface area contributed by atoms with E-state index in [0.717, 1.165) is 11.0 Å². The lowest BCUT2D eigenvalue weighted by Crippen LogP contribution is -2.35. The molecule has 9 heteroatoms. The molecule has 5 nitrogen and oxygen atoms in total. The Morgan fingerprint density at radius 2 is 2.05 bits per heavy atom. The predicted octanol–water partition coefficient (Wildman–Crippen LogP) is 2.60. The third-order valence-corrected chi connectivity index (χ3v) is 2.75. The molecule has 0 saturated carbocycles. The minimum absolute atomic E-state index is 0.0803. The number of aliphatic hydroxyl groups is 1. The lowest BCUT2D eigenvalue weighted by Gasteiger charge is -2.22. The van der Waals surface area contributed by atoms with Gasteiger partial charge in [0.25, 0.3) is 5.69 Å². The lowest BCUT2D eigenvalue weighted by atomic mass is 10.2. The zero-order chi connectivity index (χ0) is 15.3. The molecule has 0 atom stereocenters. The summed E-state index contributed by atoms with van der Waals surface area (Å²) < 4.78 is 37.1. The summed E-state index contributed by atoms with van der Waals surface area (Å²) in [6.07, 6.45) is -4.41. The molecule has 0 bridgehead atoms. The Kier molecular flexibility index (Phi) is 5.73. The zero-order valence-electron chi connectivity index (χ0n) is 10.2. The number of hydrogen-bond acceptors (Lipinski definition) is 4. The Labute approximate surface area is 117 Å². The SMILES string of the molecule is O=[N+]([O-])c1cc(CN(CCO)CC(F)(F)F)ccc1Cl. The zero-order valence-corrected chi connectivity index (χ0v) is 11.0. The number of nitrogens with zero attached hydrogens (tertiary/aromatic N) is 2. The second kappa shape index (κ2) is 6.87. The number of halogens is 4. The quantitative estimate of drug-likeness (QED) is 0.647. The van der Waals surface area contributed by atoms with Crippen molar-refractivity contribution in [2.45, 2.75) is 12.7 Å². The van der Waals surface area contributed by atoms with Crippen LogP contribution in [0.4, 0.5) is 18.9 Å². The van der Waals surface area contributed by atoms with Gasteiger partial charge in [-0.3, -0.25) is 15.0 Å². The number of alkyl halides is 3. The first-order chi connectivity index (χ1) is 9.23. The first-order valence-corrected chi connectivity index (χ1v) is 5.93. The van der Waals surface area contributed by atoms with E-state index in [2.05, 4.69) is 0 Å². The molecule has 0 amide bonds. The summed E-state index contributed by atoms with van der Waals surface area (Å²) >= 11 is 5.62. The number of nitro groups is 1. The van der Waals surface area contributed by atoms with E-state index in [4.69, 9.17) is 16.7 Å². The average Bonchev–Trinajstić information content (AvgIpc) is 2.29. The second-order valence-corrected chi connectivity index (χ2v) is 4.50. The van der Waals surface area contributed by atoms with Gasteiger partial charge in [-0.25, -0.2) is 0 Å². The molecule has 0 aliphatic carbocycles. The molecule has 0 fully saturated rings. The van der Waals surface area contributed by atoms with Crippen molar-refractivity contribution >= 4 is 17.3 Å². The minimum Gasteiger partial charge on any atom is -0.395 e. The molecule has 0 saturated heterocycles. The van der Waals surface area contributed by atoms with E-state index < -0.39 is 24.3 Å². The summed E-state index contributed by atoms with van der Waals surface area (Å²) in [6, 6.07) is 3.80. The molecule has 0 heterocycles. The molecule has 0 aliphatic heterocycles. The van der Waals surface area contributed by atoms with Gasteiger partial charge < -0.3 is 5.11 Å². The summed E-state index contributed by atoms with van der Waals surface area (Å²) in [5.74, 6) is 0. The molecular formula is C11H12ClF3N2O3. The molecule has 20 heavy (non-hydrogen) atoms. The molecular weight excluding hydrogens is 301 g/mol. The van der Waals surface area contributed by atoms with Gasteiger partial charge in [-0.1, -0.05) is 17.7 Å². The summed E-state index contributed by atoms with van der Waals surface area (Å²) in [6.45, 7) is -2.00. The van der Waals surface area contributed by atoms with Gasteiger partial charge in [0.15, 0.2) is 0 Å². The highest BCUT2D eigenvalue weighted by molar-refractivity contribution is 6.32. The highest BCUT2D eigenvalue weighted by Gasteiger charge is 2.30. The number of rotatable bonds is 6. The maximum absolute atomic E-state index is 12.4. The summed E-state index contributed by atoms with van der Waals surface area (Å²) in [5.41, 5.74) is -0.0427. The fraction of sp³-hybridized carbons (Fsp3) is 0.455. The van der Waals surface area contributed by atoms with E-state index in [1.54, 1.807) is 0 Å². The van der Waals surface area contributed by atoms with Crippen LogP contribution in [0, 0.1) is 10.1 Å². The van der Waals surface area contributed by atoms with Crippen molar-refractivity contribution in [3.63, 3.8) is 0 Å². The van der Waals surface area contributed by atoms with Gasteiger partial charge in [-0.05, 0) is 11.6 Å². The van der Waals surface area contributed by atoms with E-state index in [9.17, 15) is 23.3 Å². The van der Waals surface area contributed by atoms with Crippen LogP contribution in [0.25, 0.3) is 0 Å². The minimum atomic E-state index is -4.41. The van der Waals surface area contributed by atoms with E-state index in [0.29, 0.717) is 5.56 Å². The Balaban J connectivity index is 2.88. The van der Waals surface area contributed by atoms with Gasteiger partial charge in [0, 0.05) is 19.2 Å². The summed E-state index contributed by atoms with van der Waals surface area (Å²) in [5, 5.41) is 19.4.